The Morgan fingerprint density at radius 2 is 1.66 bits per heavy atom. The topological polar surface area (TPSA) is 97.6 Å². The maximum atomic E-state index is 13.0. The van der Waals surface area contributed by atoms with E-state index in [-0.39, 0.29) is 12.0 Å². The highest BCUT2D eigenvalue weighted by atomic mass is 19.1. The molecular weight excluding hydrogens is 415 g/mol. The molecule has 4 rings (SSSR count). The molecule has 0 unspecified atom stereocenters. The molecule has 0 saturated heterocycles. The van der Waals surface area contributed by atoms with E-state index in [0.717, 1.165) is 0 Å². The first-order valence-corrected chi connectivity index (χ1v) is 9.59. The highest BCUT2D eigenvalue weighted by Gasteiger charge is 2.09. The quantitative estimate of drug-likeness (QED) is 0.476. The zero-order chi connectivity index (χ0) is 22.5. The molecule has 0 aliphatic carbocycles. The lowest BCUT2D eigenvalue weighted by atomic mass is 10.2. The van der Waals surface area contributed by atoms with E-state index >= 15 is 0 Å². The van der Waals surface area contributed by atoms with Crippen LogP contribution in [0.25, 0.3) is 11.0 Å². The maximum Gasteiger partial charge on any atom is 0.262 e. The SMILES string of the molecule is O=C(COc1ccc2c(=O)ccoc2c1)Nc1cccc(NC(=O)c2ccc(F)cc2)c1. The van der Waals surface area contributed by atoms with Crippen molar-refractivity contribution >= 4 is 34.2 Å². The average Bonchev–Trinajstić information content (AvgIpc) is 2.78. The zero-order valence-corrected chi connectivity index (χ0v) is 16.6. The van der Waals surface area contributed by atoms with Gasteiger partial charge in [-0.1, -0.05) is 6.07 Å². The minimum Gasteiger partial charge on any atom is -0.484 e. The van der Waals surface area contributed by atoms with E-state index in [0.29, 0.717) is 33.7 Å². The largest absolute Gasteiger partial charge is 0.484 e. The van der Waals surface area contributed by atoms with Crippen molar-refractivity contribution in [1.29, 1.82) is 0 Å². The average molecular weight is 432 g/mol. The van der Waals surface area contributed by atoms with Crippen molar-refractivity contribution in [3.63, 3.8) is 0 Å². The fourth-order valence-electron chi connectivity index (χ4n) is 2.98. The molecule has 1 aromatic heterocycles. The molecule has 160 valence electrons. The minimum atomic E-state index is -0.429. The van der Waals surface area contributed by atoms with Crippen LogP contribution in [-0.2, 0) is 4.79 Å². The van der Waals surface area contributed by atoms with Gasteiger partial charge < -0.3 is 19.8 Å². The fraction of sp³-hybridized carbons (Fsp3) is 0.0417. The number of amides is 2. The lowest BCUT2D eigenvalue weighted by molar-refractivity contribution is -0.118. The molecule has 4 aromatic rings. The first-order chi connectivity index (χ1) is 15.5. The Bertz CT molecular complexity index is 1350. The Morgan fingerprint density at radius 3 is 2.44 bits per heavy atom. The van der Waals surface area contributed by atoms with Gasteiger partial charge in [0.2, 0.25) is 0 Å². The third-order valence-corrected chi connectivity index (χ3v) is 4.51. The van der Waals surface area contributed by atoms with Gasteiger partial charge in [-0.05, 0) is 54.6 Å². The highest BCUT2D eigenvalue weighted by molar-refractivity contribution is 6.04. The molecule has 0 atom stereocenters. The third-order valence-electron chi connectivity index (χ3n) is 4.51. The number of carbonyl (C=O) groups excluding carboxylic acids is 2. The van der Waals surface area contributed by atoms with Crippen LogP contribution in [0.2, 0.25) is 0 Å². The van der Waals surface area contributed by atoms with E-state index in [1.54, 1.807) is 36.4 Å². The van der Waals surface area contributed by atoms with Gasteiger partial charge in [0.05, 0.1) is 11.6 Å². The number of rotatable bonds is 6. The van der Waals surface area contributed by atoms with Crippen LogP contribution in [0.1, 0.15) is 10.4 Å². The summed E-state index contributed by atoms with van der Waals surface area (Å²) >= 11 is 0. The van der Waals surface area contributed by atoms with Crippen LogP contribution in [-0.4, -0.2) is 18.4 Å². The second kappa shape index (κ2) is 9.13. The first kappa shape index (κ1) is 20.8. The number of nitrogens with one attached hydrogen (secondary N) is 2. The van der Waals surface area contributed by atoms with E-state index in [2.05, 4.69) is 10.6 Å². The molecule has 0 aliphatic heterocycles. The Hall–Kier alpha value is -4.46. The monoisotopic (exact) mass is 432 g/mol. The van der Waals surface area contributed by atoms with E-state index in [4.69, 9.17) is 9.15 Å². The van der Waals surface area contributed by atoms with Crippen molar-refractivity contribution in [2.24, 2.45) is 0 Å². The van der Waals surface area contributed by atoms with Crippen LogP contribution in [0, 0.1) is 5.82 Å². The van der Waals surface area contributed by atoms with Gasteiger partial charge in [0.1, 0.15) is 17.1 Å². The summed E-state index contributed by atoms with van der Waals surface area (Å²) in [5, 5.41) is 5.79. The second-order valence-corrected chi connectivity index (χ2v) is 6.82. The summed E-state index contributed by atoms with van der Waals surface area (Å²) in [5.41, 5.74) is 1.42. The molecule has 0 bridgehead atoms. The summed E-state index contributed by atoms with van der Waals surface area (Å²) in [7, 11) is 0. The summed E-state index contributed by atoms with van der Waals surface area (Å²) in [5.74, 6) is -0.870. The lowest BCUT2D eigenvalue weighted by Crippen LogP contribution is -2.20. The molecule has 0 radical (unpaired) electrons. The first-order valence-electron chi connectivity index (χ1n) is 9.59. The molecule has 32 heavy (non-hydrogen) atoms. The Kier molecular flexibility index (Phi) is 5.94. The number of hydrogen-bond donors (Lipinski definition) is 2. The van der Waals surface area contributed by atoms with Crippen molar-refractivity contribution in [3.8, 4) is 5.75 Å². The number of halogens is 1. The van der Waals surface area contributed by atoms with Gasteiger partial charge in [0.15, 0.2) is 12.0 Å². The van der Waals surface area contributed by atoms with Crippen LogP contribution in [0.15, 0.2) is 88.3 Å². The van der Waals surface area contributed by atoms with Crippen LogP contribution < -0.4 is 20.8 Å². The molecule has 0 fully saturated rings. The van der Waals surface area contributed by atoms with Crippen molar-refractivity contribution in [2.75, 3.05) is 17.2 Å². The Labute approximate surface area is 181 Å². The number of carbonyl (C=O) groups is 2. The number of anilines is 2. The van der Waals surface area contributed by atoms with Gasteiger partial charge in [0.25, 0.3) is 11.8 Å². The lowest BCUT2D eigenvalue weighted by Gasteiger charge is -2.10. The van der Waals surface area contributed by atoms with E-state index in [1.165, 1.54) is 42.7 Å². The number of ether oxygens (including phenoxy) is 1. The van der Waals surface area contributed by atoms with E-state index in [9.17, 15) is 18.8 Å². The minimum absolute atomic E-state index is 0.165. The number of fused-ring (bicyclic) bond motifs is 1. The normalized spacial score (nSPS) is 10.5. The van der Waals surface area contributed by atoms with Gasteiger partial charge in [-0.25, -0.2) is 4.39 Å². The molecule has 0 aliphatic rings. The summed E-state index contributed by atoms with van der Waals surface area (Å²) in [6.45, 7) is -0.269. The molecule has 2 N–H and O–H groups in total. The van der Waals surface area contributed by atoms with Crippen LogP contribution in [0.5, 0.6) is 5.75 Å². The number of benzene rings is 3. The summed E-state index contributed by atoms with van der Waals surface area (Å²) in [6.07, 6.45) is 1.29. The molecule has 2 amide bonds. The highest BCUT2D eigenvalue weighted by Crippen LogP contribution is 2.19. The van der Waals surface area contributed by atoms with Gasteiger partial charge >= 0.3 is 0 Å². The van der Waals surface area contributed by atoms with Crippen molar-refractivity contribution < 1.29 is 23.1 Å². The maximum absolute atomic E-state index is 13.0. The predicted molar refractivity (Wildman–Crippen MR) is 117 cm³/mol. The van der Waals surface area contributed by atoms with Crippen molar-refractivity contribution in [2.45, 2.75) is 0 Å². The van der Waals surface area contributed by atoms with Gasteiger partial charge in [-0.3, -0.25) is 14.4 Å². The van der Waals surface area contributed by atoms with E-state index < -0.39 is 17.6 Å². The van der Waals surface area contributed by atoms with Gasteiger partial charge in [-0.15, -0.1) is 0 Å². The summed E-state index contributed by atoms with van der Waals surface area (Å²) in [6, 6.07) is 17.8. The van der Waals surface area contributed by atoms with Crippen molar-refractivity contribution in [3.05, 3.63) is 101 Å². The molecule has 0 saturated carbocycles. The van der Waals surface area contributed by atoms with Crippen LogP contribution in [0.4, 0.5) is 15.8 Å². The summed E-state index contributed by atoms with van der Waals surface area (Å²) < 4.78 is 23.8. The molecular formula is C24H17FN2O5. The van der Waals surface area contributed by atoms with Crippen LogP contribution >= 0.6 is 0 Å². The van der Waals surface area contributed by atoms with Crippen molar-refractivity contribution in [1.82, 2.24) is 0 Å². The molecule has 8 heteroatoms. The smallest absolute Gasteiger partial charge is 0.262 e. The second-order valence-electron chi connectivity index (χ2n) is 6.82. The molecule has 1 heterocycles. The van der Waals surface area contributed by atoms with Crippen LogP contribution in [0.3, 0.4) is 0 Å². The molecule has 3 aromatic carbocycles. The number of hydrogen-bond acceptors (Lipinski definition) is 5. The standard InChI is InChI=1S/C24H17FN2O5/c25-16-6-4-15(5-7-16)24(30)27-18-3-1-2-17(12-18)26-23(29)14-32-19-8-9-20-21(28)10-11-31-22(20)13-19/h1-13H,14H2,(H,26,29)(H,27,30). The van der Waals surface area contributed by atoms with Gasteiger partial charge in [0, 0.05) is 29.1 Å². The fourth-order valence-corrected chi connectivity index (χ4v) is 2.98. The summed E-state index contributed by atoms with van der Waals surface area (Å²) in [4.78, 5) is 36.3. The third kappa shape index (κ3) is 4.99. The molecule has 7 nitrogen and oxygen atoms in total. The Morgan fingerprint density at radius 1 is 0.906 bits per heavy atom. The molecule has 0 spiro atoms. The zero-order valence-electron chi connectivity index (χ0n) is 16.6. The predicted octanol–water partition coefficient (Wildman–Crippen LogP) is 4.20. The van der Waals surface area contributed by atoms with Gasteiger partial charge in [-0.2, -0.15) is 0 Å². The van der Waals surface area contributed by atoms with E-state index in [1.807, 2.05) is 0 Å². The Balaban J connectivity index is 1.36.